The van der Waals surface area contributed by atoms with Gasteiger partial charge in [0.1, 0.15) is 11.6 Å². The third-order valence-corrected chi connectivity index (χ3v) is 4.36. The first kappa shape index (κ1) is 22.4. The molecule has 0 spiro atoms. The normalized spacial score (nSPS) is 11.4. The summed E-state index contributed by atoms with van der Waals surface area (Å²) in [5, 5.41) is 13.4. The molecule has 7 nitrogen and oxygen atoms in total. The fraction of sp³-hybridized carbons (Fsp3) is 0.476. The fourth-order valence-electron chi connectivity index (χ4n) is 2.85. The van der Waals surface area contributed by atoms with E-state index in [4.69, 9.17) is 4.52 Å². The van der Waals surface area contributed by atoms with Crippen molar-refractivity contribution < 1.29 is 13.7 Å². The third-order valence-electron chi connectivity index (χ3n) is 4.36. The molecule has 2 aromatic rings. The Kier molecular flexibility index (Phi) is 9.14. The summed E-state index contributed by atoms with van der Waals surface area (Å²) in [6, 6.07) is 5.94. The van der Waals surface area contributed by atoms with Crippen molar-refractivity contribution in [2.24, 2.45) is 4.99 Å². The largest absolute Gasteiger partial charge is 0.361 e. The minimum atomic E-state index is -0.308. The lowest BCUT2D eigenvalue weighted by molar-refractivity contribution is -0.120. The van der Waals surface area contributed by atoms with Crippen molar-refractivity contribution >= 4 is 11.9 Å². The summed E-state index contributed by atoms with van der Waals surface area (Å²) >= 11 is 0. The second kappa shape index (κ2) is 11.8. The van der Waals surface area contributed by atoms with Gasteiger partial charge in [-0.25, -0.2) is 9.38 Å². The van der Waals surface area contributed by atoms with Crippen LogP contribution in [0, 0.1) is 5.82 Å². The van der Waals surface area contributed by atoms with E-state index in [1.54, 1.807) is 12.1 Å². The number of hydrogen-bond donors (Lipinski definition) is 3. The van der Waals surface area contributed by atoms with Gasteiger partial charge >= 0.3 is 0 Å². The number of aliphatic imine (C=N–C) groups is 1. The van der Waals surface area contributed by atoms with Crippen molar-refractivity contribution in [3.8, 4) is 0 Å². The van der Waals surface area contributed by atoms with E-state index in [0.29, 0.717) is 25.6 Å². The van der Waals surface area contributed by atoms with Crippen LogP contribution in [-0.4, -0.2) is 36.7 Å². The van der Waals surface area contributed by atoms with Crippen molar-refractivity contribution in [2.75, 3.05) is 19.6 Å². The number of amides is 1. The van der Waals surface area contributed by atoms with E-state index >= 15 is 0 Å². The predicted molar refractivity (Wildman–Crippen MR) is 111 cm³/mol. The van der Waals surface area contributed by atoms with Gasteiger partial charge in [0.05, 0.1) is 18.7 Å². The molecule has 0 radical (unpaired) electrons. The number of hydrogen-bond acceptors (Lipinski definition) is 4. The first-order valence-electron chi connectivity index (χ1n) is 10.1. The number of rotatable bonds is 10. The molecule has 0 atom stereocenters. The fourth-order valence-corrected chi connectivity index (χ4v) is 2.85. The molecule has 1 aromatic heterocycles. The van der Waals surface area contributed by atoms with Crippen LogP contribution in [0.2, 0.25) is 0 Å². The number of halogens is 1. The minimum absolute atomic E-state index is 0.106. The number of nitrogens with one attached hydrogen (secondary N) is 3. The van der Waals surface area contributed by atoms with Gasteiger partial charge in [-0.2, -0.15) is 0 Å². The van der Waals surface area contributed by atoms with E-state index in [1.807, 2.05) is 20.8 Å². The quantitative estimate of drug-likeness (QED) is 0.322. The van der Waals surface area contributed by atoms with Crippen molar-refractivity contribution in [1.82, 2.24) is 21.1 Å². The van der Waals surface area contributed by atoms with Crippen molar-refractivity contribution in [3.05, 3.63) is 52.7 Å². The molecular formula is C21H30FN5O2. The Morgan fingerprint density at radius 2 is 1.79 bits per heavy atom. The topological polar surface area (TPSA) is 91.6 Å². The number of carbonyl (C=O) groups excluding carboxylic acids is 1. The Morgan fingerprint density at radius 1 is 1.07 bits per heavy atom. The molecule has 1 aromatic carbocycles. The van der Waals surface area contributed by atoms with E-state index in [2.05, 4.69) is 26.1 Å². The number of guanidine groups is 1. The van der Waals surface area contributed by atoms with Gasteiger partial charge in [0.15, 0.2) is 5.96 Å². The average Bonchev–Trinajstić information content (AvgIpc) is 3.13. The third kappa shape index (κ3) is 7.21. The predicted octanol–water partition coefficient (Wildman–Crippen LogP) is 2.35. The first-order chi connectivity index (χ1) is 14.1. The molecule has 0 bridgehead atoms. The second-order valence-electron chi connectivity index (χ2n) is 6.51. The lowest BCUT2D eigenvalue weighted by Crippen LogP contribution is -2.41. The SMILES string of the molecule is CCNC(=NCc1c(CC)noc1CC)NCCNC(=O)Cc1ccc(F)cc1. The second-order valence-corrected chi connectivity index (χ2v) is 6.51. The van der Waals surface area contributed by atoms with Crippen LogP contribution in [0.15, 0.2) is 33.8 Å². The average molecular weight is 404 g/mol. The number of carbonyl (C=O) groups is 1. The molecule has 3 N–H and O–H groups in total. The van der Waals surface area contributed by atoms with Crippen molar-refractivity contribution in [2.45, 2.75) is 46.6 Å². The summed E-state index contributed by atoms with van der Waals surface area (Å²) in [4.78, 5) is 16.6. The Morgan fingerprint density at radius 3 is 2.45 bits per heavy atom. The van der Waals surface area contributed by atoms with Gasteiger partial charge in [0.25, 0.3) is 0 Å². The number of aryl methyl sites for hydroxylation is 2. The Hall–Kier alpha value is -2.90. The van der Waals surface area contributed by atoms with Gasteiger partial charge in [-0.1, -0.05) is 31.1 Å². The van der Waals surface area contributed by atoms with Gasteiger partial charge in [-0.3, -0.25) is 4.79 Å². The van der Waals surface area contributed by atoms with E-state index in [-0.39, 0.29) is 18.1 Å². The number of nitrogens with zero attached hydrogens (tertiary/aromatic N) is 2. The molecular weight excluding hydrogens is 373 g/mol. The highest BCUT2D eigenvalue weighted by molar-refractivity contribution is 5.80. The maximum absolute atomic E-state index is 12.9. The Bertz CT molecular complexity index is 780. The Balaban J connectivity index is 1.81. The maximum atomic E-state index is 12.9. The zero-order valence-corrected chi connectivity index (χ0v) is 17.3. The molecule has 0 saturated carbocycles. The molecule has 0 unspecified atom stereocenters. The molecule has 1 amide bonds. The number of aromatic nitrogens is 1. The smallest absolute Gasteiger partial charge is 0.224 e. The van der Waals surface area contributed by atoms with E-state index in [1.165, 1.54) is 12.1 Å². The molecule has 8 heteroatoms. The summed E-state index contributed by atoms with van der Waals surface area (Å²) in [6.45, 7) is 8.28. The minimum Gasteiger partial charge on any atom is -0.361 e. The van der Waals surface area contributed by atoms with Crippen LogP contribution in [0.3, 0.4) is 0 Å². The summed E-state index contributed by atoms with van der Waals surface area (Å²) in [7, 11) is 0. The van der Waals surface area contributed by atoms with Crippen LogP contribution >= 0.6 is 0 Å². The standard InChI is InChI=1S/C21H30FN5O2/c1-4-18-17(19(5-2)29-27-18)14-26-21(23-6-3)25-12-11-24-20(28)13-15-7-9-16(22)10-8-15/h7-10H,4-6,11-14H2,1-3H3,(H,24,28)(H2,23,25,26). The van der Waals surface area contributed by atoms with Gasteiger partial charge in [0.2, 0.25) is 5.91 Å². The molecule has 0 saturated heterocycles. The zero-order chi connectivity index (χ0) is 21.1. The van der Waals surface area contributed by atoms with Crippen molar-refractivity contribution in [3.63, 3.8) is 0 Å². The lowest BCUT2D eigenvalue weighted by atomic mass is 10.1. The molecule has 1 heterocycles. The van der Waals surface area contributed by atoms with E-state index in [0.717, 1.165) is 42.0 Å². The molecule has 0 fully saturated rings. The van der Waals surface area contributed by atoms with Gasteiger partial charge in [0, 0.05) is 31.6 Å². The molecule has 0 aliphatic rings. The Labute approximate surface area is 171 Å². The van der Waals surface area contributed by atoms with Crippen LogP contribution in [-0.2, 0) is 30.6 Å². The highest BCUT2D eigenvalue weighted by atomic mass is 19.1. The molecule has 158 valence electrons. The van der Waals surface area contributed by atoms with Crippen LogP contribution in [0.25, 0.3) is 0 Å². The molecule has 29 heavy (non-hydrogen) atoms. The highest BCUT2D eigenvalue weighted by Gasteiger charge is 2.13. The highest BCUT2D eigenvalue weighted by Crippen LogP contribution is 2.16. The van der Waals surface area contributed by atoms with Gasteiger partial charge < -0.3 is 20.5 Å². The summed E-state index contributed by atoms with van der Waals surface area (Å²) < 4.78 is 18.3. The molecule has 0 aliphatic heterocycles. The van der Waals surface area contributed by atoms with Crippen LogP contribution in [0.1, 0.15) is 43.4 Å². The summed E-state index contributed by atoms with van der Waals surface area (Å²) in [5.41, 5.74) is 2.76. The van der Waals surface area contributed by atoms with Crippen LogP contribution in [0.5, 0.6) is 0 Å². The van der Waals surface area contributed by atoms with E-state index < -0.39 is 0 Å². The van der Waals surface area contributed by atoms with Crippen LogP contribution in [0.4, 0.5) is 4.39 Å². The van der Waals surface area contributed by atoms with Gasteiger partial charge in [-0.05, 0) is 31.0 Å². The van der Waals surface area contributed by atoms with E-state index in [9.17, 15) is 9.18 Å². The maximum Gasteiger partial charge on any atom is 0.224 e. The summed E-state index contributed by atoms with van der Waals surface area (Å²) in [5.74, 6) is 1.13. The van der Waals surface area contributed by atoms with Crippen molar-refractivity contribution in [1.29, 1.82) is 0 Å². The lowest BCUT2D eigenvalue weighted by Gasteiger charge is -2.12. The van der Waals surface area contributed by atoms with Gasteiger partial charge in [-0.15, -0.1) is 0 Å². The van der Waals surface area contributed by atoms with Crippen LogP contribution < -0.4 is 16.0 Å². The summed E-state index contributed by atoms with van der Waals surface area (Å²) in [6.07, 6.45) is 1.81. The molecule has 0 aliphatic carbocycles. The monoisotopic (exact) mass is 403 g/mol. The number of benzene rings is 1. The molecule has 2 rings (SSSR count). The first-order valence-corrected chi connectivity index (χ1v) is 10.1. The zero-order valence-electron chi connectivity index (χ0n) is 17.3.